The van der Waals surface area contributed by atoms with E-state index in [4.69, 9.17) is 19.2 Å². The minimum absolute atomic E-state index is 0.0612. The minimum atomic E-state index is -1.43. The topological polar surface area (TPSA) is 119 Å². The molecule has 226 valence electrons. The zero-order chi connectivity index (χ0) is 30.5. The monoisotopic (exact) mass is 589 g/mol. The number of pyridine rings is 1. The maximum atomic E-state index is 14.1. The Bertz CT molecular complexity index is 1600. The van der Waals surface area contributed by atoms with Gasteiger partial charge in [0.05, 0.1) is 26.0 Å². The molecule has 3 aromatic rings. The van der Waals surface area contributed by atoms with Crippen LogP contribution in [0.5, 0.6) is 17.2 Å². The van der Waals surface area contributed by atoms with Crippen LogP contribution in [0, 0.1) is 18.7 Å². The van der Waals surface area contributed by atoms with Gasteiger partial charge in [0.15, 0.2) is 17.6 Å². The molecule has 2 amide bonds. The third kappa shape index (κ3) is 5.40. The quantitative estimate of drug-likeness (QED) is 0.343. The van der Waals surface area contributed by atoms with Crippen LogP contribution >= 0.6 is 0 Å². The molecule has 2 fully saturated rings. The Hall–Kier alpha value is -4.18. The van der Waals surface area contributed by atoms with E-state index < -0.39 is 17.6 Å². The highest BCUT2D eigenvalue weighted by Gasteiger charge is 2.48. The smallest absolute Gasteiger partial charge is 0.261 e. The number of rotatable bonds is 9. The number of ether oxygens (including phenoxy) is 3. The first-order valence-corrected chi connectivity index (χ1v) is 14.6. The summed E-state index contributed by atoms with van der Waals surface area (Å²) in [5, 5.41) is 17.8. The summed E-state index contributed by atoms with van der Waals surface area (Å²) < 4.78 is 31.5. The lowest BCUT2D eigenvalue weighted by atomic mass is 9.83. The van der Waals surface area contributed by atoms with Crippen molar-refractivity contribution in [3.63, 3.8) is 0 Å². The van der Waals surface area contributed by atoms with Crippen molar-refractivity contribution < 1.29 is 33.3 Å². The number of aliphatic hydroxyl groups is 1. The highest BCUT2D eigenvalue weighted by molar-refractivity contribution is 5.95. The lowest BCUT2D eigenvalue weighted by Crippen LogP contribution is -2.43. The second-order valence-corrected chi connectivity index (χ2v) is 12.3. The van der Waals surface area contributed by atoms with Crippen LogP contribution in [0.1, 0.15) is 60.3 Å². The van der Waals surface area contributed by atoms with Crippen molar-refractivity contribution in [1.82, 2.24) is 15.6 Å². The van der Waals surface area contributed by atoms with Crippen molar-refractivity contribution in [3.8, 4) is 28.5 Å². The van der Waals surface area contributed by atoms with E-state index in [1.807, 2.05) is 6.07 Å². The van der Waals surface area contributed by atoms with Crippen LogP contribution in [-0.4, -0.2) is 54.8 Å². The van der Waals surface area contributed by atoms with Gasteiger partial charge in [-0.1, -0.05) is 13.8 Å². The SMILES string of the molecule is COc1cc(C(=O)NCC(O)(c2cc3c(c(-c4ccc(F)c(C)c4)n2)OCC3(C)C)C2CC2)ccc1OC1CCNC1=O. The summed E-state index contributed by atoms with van der Waals surface area (Å²) in [5.41, 5.74) is 1.64. The predicted octanol–water partition coefficient (Wildman–Crippen LogP) is 4.17. The molecular weight excluding hydrogens is 553 g/mol. The van der Waals surface area contributed by atoms with Crippen molar-refractivity contribution in [2.75, 3.05) is 26.8 Å². The van der Waals surface area contributed by atoms with Crippen LogP contribution < -0.4 is 24.8 Å². The number of benzene rings is 2. The average Bonchev–Trinajstić information content (AvgIpc) is 3.72. The standard InChI is InChI=1S/C33H36FN3O6/c1-18-13-19(5-9-23(18)34)28-29-22(32(2,3)17-42-29)15-27(37-28)33(40,21-7-8-21)16-36-30(38)20-6-10-24(26(14-20)41-4)43-25-11-12-35-31(25)39/h5-6,9-10,13-15,21,25,40H,7-8,11-12,16-17H2,1-4H3,(H,35,39)(H,36,38). The Kier molecular flexibility index (Phi) is 7.28. The number of nitrogens with one attached hydrogen (secondary N) is 2. The zero-order valence-electron chi connectivity index (χ0n) is 24.8. The fourth-order valence-electron chi connectivity index (χ4n) is 5.79. The third-order valence-corrected chi connectivity index (χ3v) is 8.62. The largest absolute Gasteiger partial charge is 0.493 e. The first kappa shape index (κ1) is 28.9. The Morgan fingerprint density at radius 3 is 2.65 bits per heavy atom. The number of aryl methyl sites for hydroxylation is 1. The number of halogens is 1. The highest BCUT2D eigenvalue weighted by atomic mass is 19.1. The Labute approximate surface area is 249 Å². The molecule has 3 aliphatic rings. The van der Waals surface area contributed by atoms with Gasteiger partial charge >= 0.3 is 0 Å². The van der Waals surface area contributed by atoms with Crippen LogP contribution in [0.2, 0.25) is 0 Å². The van der Waals surface area contributed by atoms with E-state index in [0.29, 0.717) is 64.9 Å². The molecule has 6 rings (SSSR count). The van der Waals surface area contributed by atoms with E-state index in [1.165, 1.54) is 13.2 Å². The normalized spacial score (nSPS) is 20.0. The van der Waals surface area contributed by atoms with Gasteiger partial charge in [-0.3, -0.25) is 9.59 Å². The number of hydrogen-bond donors (Lipinski definition) is 3. The van der Waals surface area contributed by atoms with E-state index in [9.17, 15) is 19.1 Å². The van der Waals surface area contributed by atoms with E-state index in [-0.39, 0.29) is 29.6 Å². The first-order valence-electron chi connectivity index (χ1n) is 14.6. The molecule has 1 saturated heterocycles. The van der Waals surface area contributed by atoms with Gasteiger partial charge in [-0.25, -0.2) is 9.37 Å². The number of hydrogen-bond acceptors (Lipinski definition) is 7. The summed E-state index contributed by atoms with van der Waals surface area (Å²) in [4.78, 5) is 30.2. The third-order valence-electron chi connectivity index (χ3n) is 8.62. The molecule has 1 saturated carbocycles. The number of amides is 2. The lowest BCUT2D eigenvalue weighted by Gasteiger charge is -2.30. The molecule has 10 heteroatoms. The number of carbonyl (C=O) groups excluding carboxylic acids is 2. The van der Waals surface area contributed by atoms with E-state index in [0.717, 1.165) is 18.4 Å². The van der Waals surface area contributed by atoms with E-state index >= 15 is 0 Å². The molecular formula is C33H36FN3O6. The fraction of sp³-hybridized carbons (Fsp3) is 0.424. The minimum Gasteiger partial charge on any atom is -0.493 e. The Morgan fingerprint density at radius 2 is 1.98 bits per heavy atom. The van der Waals surface area contributed by atoms with Crippen LogP contribution in [0.4, 0.5) is 4.39 Å². The van der Waals surface area contributed by atoms with Crippen LogP contribution in [0.3, 0.4) is 0 Å². The maximum Gasteiger partial charge on any atom is 0.261 e. The fourth-order valence-corrected chi connectivity index (χ4v) is 5.79. The van der Waals surface area contributed by atoms with Gasteiger partial charge in [0.2, 0.25) is 0 Å². The van der Waals surface area contributed by atoms with Gasteiger partial charge in [-0.05, 0) is 73.7 Å². The van der Waals surface area contributed by atoms with Gasteiger partial charge in [0.25, 0.3) is 11.8 Å². The number of fused-ring (bicyclic) bond motifs is 1. The zero-order valence-corrected chi connectivity index (χ0v) is 24.8. The van der Waals surface area contributed by atoms with Gasteiger partial charge in [0, 0.05) is 35.1 Å². The molecule has 3 N–H and O–H groups in total. The maximum absolute atomic E-state index is 14.1. The average molecular weight is 590 g/mol. The molecule has 0 radical (unpaired) electrons. The summed E-state index contributed by atoms with van der Waals surface area (Å²) >= 11 is 0. The molecule has 2 aliphatic heterocycles. The number of nitrogens with zero attached hydrogens (tertiary/aromatic N) is 1. The summed E-state index contributed by atoms with van der Waals surface area (Å²) in [6.45, 7) is 6.77. The Balaban J connectivity index is 1.29. The van der Waals surface area contributed by atoms with Crippen LogP contribution in [0.25, 0.3) is 11.3 Å². The number of methoxy groups -OCH3 is 1. The Morgan fingerprint density at radius 1 is 1.19 bits per heavy atom. The van der Waals surface area contributed by atoms with Gasteiger partial charge in [0.1, 0.15) is 22.9 Å². The number of aromatic nitrogens is 1. The molecule has 9 nitrogen and oxygen atoms in total. The van der Waals surface area contributed by atoms with Crippen LogP contribution in [0.15, 0.2) is 42.5 Å². The molecule has 0 bridgehead atoms. The van der Waals surface area contributed by atoms with Crippen LogP contribution in [-0.2, 0) is 15.8 Å². The molecule has 1 aliphatic carbocycles. The van der Waals surface area contributed by atoms with Crippen molar-refractivity contribution in [2.45, 2.75) is 57.2 Å². The second kappa shape index (κ2) is 10.8. The molecule has 2 atom stereocenters. The lowest BCUT2D eigenvalue weighted by molar-refractivity contribution is -0.124. The summed E-state index contributed by atoms with van der Waals surface area (Å²) in [5.74, 6) is 0.340. The summed E-state index contributed by atoms with van der Waals surface area (Å²) in [6.07, 6.45) is 1.53. The van der Waals surface area contributed by atoms with Gasteiger partial charge < -0.3 is 30.0 Å². The highest BCUT2D eigenvalue weighted by Crippen LogP contribution is 2.50. The molecule has 2 aromatic carbocycles. The van der Waals surface area contributed by atoms with Crippen molar-refractivity contribution in [2.24, 2.45) is 5.92 Å². The van der Waals surface area contributed by atoms with Crippen molar-refractivity contribution in [1.29, 1.82) is 0 Å². The summed E-state index contributed by atoms with van der Waals surface area (Å²) in [7, 11) is 1.47. The number of carbonyl (C=O) groups is 2. The van der Waals surface area contributed by atoms with Gasteiger partial charge in [-0.2, -0.15) is 0 Å². The van der Waals surface area contributed by atoms with Gasteiger partial charge in [-0.15, -0.1) is 0 Å². The molecule has 2 unspecified atom stereocenters. The van der Waals surface area contributed by atoms with Crippen molar-refractivity contribution in [3.05, 3.63) is 70.7 Å². The predicted molar refractivity (Wildman–Crippen MR) is 157 cm³/mol. The van der Waals surface area contributed by atoms with E-state index in [1.54, 1.807) is 37.3 Å². The molecule has 0 spiro atoms. The molecule has 1 aromatic heterocycles. The first-order chi connectivity index (χ1) is 20.5. The molecule has 3 heterocycles. The van der Waals surface area contributed by atoms with Crippen molar-refractivity contribution >= 4 is 11.8 Å². The molecule has 43 heavy (non-hydrogen) atoms. The van der Waals surface area contributed by atoms with E-state index in [2.05, 4.69) is 24.5 Å². The second-order valence-electron chi connectivity index (χ2n) is 12.3. The summed E-state index contributed by atoms with van der Waals surface area (Å²) in [6, 6.07) is 11.4.